The number of ether oxygens (including phenoxy) is 1. The molecule has 0 aliphatic rings. The van der Waals surface area contributed by atoms with Crippen LogP contribution in [0, 0.1) is 5.92 Å². The van der Waals surface area contributed by atoms with Gasteiger partial charge in [0, 0.05) is 6.07 Å². The van der Waals surface area contributed by atoms with Crippen LogP contribution in [0.15, 0.2) is 18.2 Å². The van der Waals surface area contributed by atoms with Gasteiger partial charge in [-0.25, -0.2) is 0 Å². The third-order valence-corrected chi connectivity index (χ3v) is 1.93. The van der Waals surface area contributed by atoms with Crippen molar-refractivity contribution in [3.05, 3.63) is 23.8 Å². The van der Waals surface area contributed by atoms with Gasteiger partial charge >= 0.3 is 0 Å². The molecule has 3 nitrogen and oxygen atoms in total. The second-order valence-corrected chi connectivity index (χ2v) is 3.94. The molecule has 82 valence electrons. The molecule has 0 bridgehead atoms. The quantitative estimate of drug-likeness (QED) is 0.774. The van der Waals surface area contributed by atoms with Gasteiger partial charge in [0.2, 0.25) is 0 Å². The van der Waals surface area contributed by atoms with Crippen LogP contribution in [0.3, 0.4) is 0 Å². The minimum Gasteiger partial charge on any atom is -0.507 e. The first-order valence-corrected chi connectivity index (χ1v) is 4.97. The number of rotatable bonds is 4. The first kappa shape index (κ1) is 11.6. The molecule has 0 saturated carbocycles. The van der Waals surface area contributed by atoms with Crippen molar-refractivity contribution in [3.63, 3.8) is 0 Å². The topological polar surface area (TPSA) is 46.5 Å². The summed E-state index contributed by atoms with van der Waals surface area (Å²) < 4.78 is 5.41. The number of phenolic OH excluding ortho intramolecular Hbond substituents is 1. The predicted molar refractivity (Wildman–Crippen MR) is 58.4 cm³/mol. The van der Waals surface area contributed by atoms with E-state index in [0.717, 1.165) is 0 Å². The van der Waals surface area contributed by atoms with Crippen LogP contribution < -0.4 is 4.74 Å². The van der Waals surface area contributed by atoms with E-state index in [2.05, 4.69) is 0 Å². The van der Waals surface area contributed by atoms with Gasteiger partial charge in [-0.05, 0) is 25.0 Å². The molecule has 3 heteroatoms. The van der Waals surface area contributed by atoms with Gasteiger partial charge in [0.1, 0.15) is 11.5 Å². The highest BCUT2D eigenvalue weighted by atomic mass is 16.5. The molecule has 15 heavy (non-hydrogen) atoms. The maximum atomic E-state index is 11.0. The van der Waals surface area contributed by atoms with Gasteiger partial charge in [-0.2, -0.15) is 0 Å². The summed E-state index contributed by atoms with van der Waals surface area (Å²) in [5.74, 6) is 0.845. The Morgan fingerprint density at radius 3 is 2.60 bits per heavy atom. The Labute approximate surface area is 89.7 Å². The van der Waals surface area contributed by atoms with Gasteiger partial charge in [0.05, 0.1) is 12.2 Å². The Balaban J connectivity index is 2.78. The van der Waals surface area contributed by atoms with Crippen LogP contribution in [0.4, 0.5) is 0 Å². The Kier molecular flexibility index (Phi) is 3.72. The summed E-state index contributed by atoms with van der Waals surface area (Å²) in [4.78, 5) is 11.0. The normalized spacial score (nSPS) is 10.4. The third kappa shape index (κ3) is 3.27. The van der Waals surface area contributed by atoms with Crippen molar-refractivity contribution in [1.82, 2.24) is 0 Å². The molecule has 0 unspecified atom stereocenters. The molecular weight excluding hydrogens is 192 g/mol. The molecule has 1 aromatic rings. The largest absolute Gasteiger partial charge is 0.507 e. The zero-order chi connectivity index (χ0) is 11.4. The molecule has 1 N–H and O–H groups in total. The lowest BCUT2D eigenvalue weighted by molar-refractivity contribution is 0.101. The second kappa shape index (κ2) is 4.82. The molecule has 0 atom stereocenters. The minimum absolute atomic E-state index is 0.0243. The van der Waals surface area contributed by atoms with Crippen molar-refractivity contribution < 1.29 is 14.6 Å². The lowest BCUT2D eigenvalue weighted by Crippen LogP contribution is -2.04. The third-order valence-electron chi connectivity index (χ3n) is 1.93. The fourth-order valence-electron chi connectivity index (χ4n) is 1.16. The highest BCUT2D eigenvalue weighted by molar-refractivity contribution is 5.96. The zero-order valence-electron chi connectivity index (χ0n) is 9.28. The van der Waals surface area contributed by atoms with Crippen LogP contribution in [0.25, 0.3) is 0 Å². The Morgan fingerprint density at radius 2 is 2.13 bits per heavy atom. The second-order valence-electron chi connectivity index (χ2n) is 3.94. The molecule has 0 saturated heterocycles. The van der Waals surface area contributed by atoms with E-state index in [0.29, 0.717) is 23.8 Å². The molecule has 0 spiro atoms. The summed E-state index contributed by atoms with van der Waals surface area (Å²) in [6.07, 6.45) is 0. The molecule has 1 aromatic carbocycles. The number of carbonyl (C=O) groups is 1. The van der Waals surface area contributed by atoms with Gasteiger partial charge in [-0.15, -0.1) is 0 Å². The van der Waals surface area contributed by atoms with Crippen molar-refractivity contribution >= 4 is 5.78 Å². The predicted octanol–water partition coefficient (Wildman–Crippen LogP) is 2.63. The standard InChI is InChI=1S/C12H16O3/c1-8(2)7-15-10-4-5-11(9(3)13)12(14)6-10/h4-6,8,14H,7H2,1-3H3. The number of phenols is 1. The number of hydrogen-bond donors (Lipinski definition) is 1. The molecule has 0 radical (unpaired) electrons. The summed E-state index contributed by atoms with van der Waals surface area (Å²) in [5, 5.41) is 9.53. The number of aromatic hydroxyl groups is 1. The minimum atomic E-state index is -0.150. The molecule has 0 aliphatic heterocycles. The number of hydrogen-bond acceptors (Lipinski definition) is 3. The SMILES string of the molecule is CC(=O)c1ccc(OCC(C)C)cc1O. The van der Waals surface area contributed by atoms with E-state index in [1.807, 2.05) is 13.8 Å². The van der Waals surface area contributed by atoms with Gasteiger partial charge in [-0.1, -0.05) is 13.8 Å². The Morgan fingerprint density at radius 1 is 1.47 bits per heavy atom. The summed E-state index contributed by atoms with van der Waals surface area (Å²) >= 11 is 0. The molecule has 0 aliphatic carbocycles. The number of benzene rings is 1. The van der Waals surface area contributed by atoms with Crippen LogP contribution >= 0.6 is 0 Å². The Bertz CT molecular complexity index is 356. The monoisotopic (exact) mass is 208 g/mol. The molecule has 0 aromatic heterocycles. The van der Waals surface area contributed by atoms with Gasteiger partial charge in [0.15, 0.2) is 5.78 Å². The molecule has 0 heterocycles. The first-order chi connectivity index (χ1) is 7.00. The van der Waals surface area contributed by atoms with Crippen molar-refractivity contribution in [3.8, 4) is 11.5 Å². The smallest absolute Gasteiger partial charge is 0.163 e. The van der Waals surface area contributed by atoms with E-state index in [9.17, 15) is 9.90 Å². The van der Waals surface area contributed by atoms with E-state index in [-0.39, 0.29) is 11.5 Å². The van der Waals surface area contributed by atoms with E-state index < -0.39 is 0 Å². The summed E-state index contributed by atoms with van der Waals surface area (Å²) in [7, 11) is 0. The van der Waals surface area contributed by atoms with Gasteiger partial charge in [-0.3, -0.25) is 4.79 Å². The van der Waals surface area contributed by atoms with Gasteiger partial charge < -0.3 is 9.84 Å². The van der Waals surface area contributed by atoms with Gasteiger partial charge in [0.25, 0.3) is 0 Å². The summed E-state index contributed by atoms with van der Waals surface area (Å²) in [6.45, 7) is 6.11. The fraction of sp³-hybridized carbons (Fsp3) is 0.417. The van der Waals surface area contributed by atoms with Crippen molar-refractivity contribution in [2.75, 3.05) is 6.61 Å². The highest BCUT2D eigenvalue weighted by Gasteiger charge is 2.07. The average molecular weight is 208 g/mol. The lowest BCUT2D eigenvalue weighted by atomic mass is 10.1. The van der Waals surface area contributed by atoms with Crippen molar-refractivity contribution in [2.45, 2.75) is 20.8 Å². The fourth-order valence-corrected chi connectivity index (χ4v) is 1.16. The Hall–Kier alpha value is -1.51. The maximum Gasteiger partial charge on any atom is 0.163 e. The van der Waals surface area contributed by atoms with Crippen LogP contribution in [0.2, 0.25) is 0 Å². The van der Waals surface area contributed by atoms with Crippen LogP contribution in [0.5, 0.6) is 11.5 Å². The van der Waals surface area contributed by atoms with E-state index >= 15 is 0 Å². The van der Waals surface area contributed by atoms with Crippen LogP contribution in [-0.4, -0.2) is 17.5 Å². The highest BCUT2D eigenvalue weighted by Crippen LogP contribution is 2.24. The lowest BCUT2D eigenvalue weighted by Gasteiger charge is -2.09. The van der Waals surface area contributed by atoms with E-state index in [4.69, 9.17) is 4.74 Å². The average Bonchev–Trinajstić information content (AvgIpc) is 2.14. The number of ketones is 1. The molecule has 1 rings (SSSR count). The van der Waals surface area contributed by atoms with E-state index in [1.165, 1.54) is 13.0 Å². The zero-order valence-corrected chi connectivity index (χ0v) is 9.28. The number of Topliss-reactive ketones (excluding diaryl/α,β-unsaturated/α-hetero) is 1. The first-order valence-electron chi connectivity index (χ1n) is 4.97. The van der Waals surface area contributed by atoms with Crippen molar-refractivity contribution in [1.29, 1.82) is 0 Å². The summed E-state index contributed by atoms with van der Waals surface area (Å²) in [5.41, 5.74) is 0.326. The van der Waals surface area contributed by atoms with E-state index in [1.54, 1.807) is 12.1 Å². The number of carbonyl (C=O) groups excluding carboxylic acids is 1. The van der Waals surface area contributed by atoms with Crippen LogP contribution in [-0.2, 0) is 0 Å². The van der Waals surface area contributed by atoms with Crippen LogP contribution in [0.1, 0.15) is 31.1 Å². The maximum absolute atomic E-state index is 11.0. The summed E-state index contributed by atoms with van der Waals surface area (Å²) in [6, 6.07) is 4.74. The molecular formula is C12H16O3. The molecule has 0 fully saturated rings. The van der Waals surface area contributed by atoms with Crippen molar-refractivity contribution in [2.24, 2.45) is 5.92 Å². The molecule has 0 amide bonds.